The summed E-state index contributed by atoms with van der Waals surface area (Å²) in [4.78, 5) is 0. The third kappa shape index (κ3) is 2.84. The van der Waals surface area contributed by atoms with Gasteiger partial charge in [0.2, 0.25) is 0 Å². The van der Waals surface area contributed by atoms with Crippen LogP contribution in [0.25, 0.3) is 0 Å². The highest BCUT2D eigenvalue weighted by Gasteiger charge is 2.39. The normalized spacial score (nSPS) is 28.2. The van der Waals surface area contributed by atoms with Crippen LogP contribution in [0, 0.1) is 11.8 Å². The van der Waals surface area contributed by atoms with E-state index in [2.05, 4.69) is 10.6 Å². The summed E-state index contributed by atoms with van der Waals surface area (Å²) in [5.74, 6) is 2.63. The highest BCUT2D eigenvalue weighted by Crippen LogP contribution is 2.44. The minimum absolute atomic E-state index is 0.581. The predicted molar refractivity (Wildman–Crippen MR) is 81.6 cm³/mol. The van der Waals surface area contributed by atoms with Gasteiger partial charge in [0.05, 0.1) is 7.11 Å². The maximum Gasteiger partial charge on any atom is 0.171 e. The van der Waals surface area contributed by atoms with Crippen LogP contribution in [0.1, 0.15) is 25.7 Å². The average Bonchev–Trinajstić information content (AvgIpc) is 3.02. The average molecular weight is 276 g/mol. The summed E-state index contributed by atoms with van der Waals surface area (Å²) in [6.45, 7) is 0. The Bertz CT molecular complexity index is 460. The van der Waals surface area contributed by atoms with Crippen molar-refractivity contribution in [3.05, 3.63) is 24.3 Å². The number of methoxy groups -OCH3 is 1. The quantitative estimate of drug-likeness (QED) is 0.831. The van der Waals surface area contributed by atoms with Crippen molar-refractivity contribution < 1.29 is 4.74 Å². The van der Waals surface area contributed by atoms with Crippen molar-refractivity contribution in [1.29, 1.82) is 0 Å². The maximum absolute atomic E-state index is 5.40. The minimum Gasteiger partial charge on any atom is -0.497 e. The third-order valence-corrected chi connectivity index (χ3v) is 4.62. The highest BCUT2D eigenvalue weighted by molar-refractivity contribution is 7.80. The fourth-order valence-corrected chi connectivity index (χ4v) is 3.70. The molecule has 0 aliphatic heterocycles. The summed E-state index contributed by atoms with van der Waals surface area (Å²) in [6, 6.07) is 8.41. The lowest BCUT2D eigenvalue weighted by Gasteiger charge is -2.24. The van der Waals surface area contributed by atoms with Gasteiger partial charge in [-0.1, -0.05) is 6.42 Å². The molecule has 0 aromatic heterocycles. The van der Waals surface area contributed by atoms with Crippen molar-refractivity contribution in [3.8, 4) is 5.75 Å². The van der Waals surface area contributed by atoms with E-state index in [0.717, 1.165) is 28.4 Å². The van der Waals surface area contributed by atoms with Crippen molar-refractivity contribution in [2.75, 3.05) is 12.4 Å². The lowest BCUT2D eigenvalue weighted by molar-refractivity contribution is 0.392. The van der Waals surface area contributed by atoms with E-state index in [1.54, 1.807) is 7.11 Å². The Hall–Kier alpha value is -1.29. The number of hydrogen-bond donors (Lipinski definition) is 2. The molecule has 0 saturated heterocycles. The van der Waals surface area contributed by atoms with E-state index in [1.807, 2.05) is 24.3 Å². The zero-order chi connectivity index (χ0) is 13.2. The van der Waals surface area contributed by atoms with Crippen molar-refractivity contribution >= 4 is 23.0 Å². The molecule has 2 aliphatic carbocycles. The smallest absolute Gasteiger partial charge is 0.171 e. The van der Waals surface area contributed by atoms with Gasteiger partial charge in [-0.05, 0) is 67.6 Å². The molecule has 0 unspecified atom stereocenters. The van der Waals surface area contributed by atoms with Crippen LogP contribution in [-0.4, -0.2) is 18.3 Å². The molecule has 3 atom stereocenters. The van der Waals surface area contributed by atoms with Crippen molar-refractivity contribution in [3.63, 3.8) is 0 Å². The van der Waals surface area contributed by atoms with Crippen LogP contribution in [0.3, 0.4) is 0 Å². The van der Waals surface area contributed by atoms with Gasteiger partial charge in [0.15, 0.2) is 5.11 Å². The van der Waals surface area contributed by atoms with E-state index in [4.69, 9.17) is 17.0 Å². The highest BCUT2D eigenvalue weighted by atomic mass is 32.1. The van der Waals surface area contributed by atoms with E-state index in [-0.39, 0.29) is 0 Å². The fraction of sp³-hybridized carbons (Fsp3) is 0.533. The molecule has 3 rings (SSSR count). The van der Waals surface area contributed by atoms with Gasteiger partial charge in [-0.3, -0.25) is 0 Å². The zero-order valence-corrected chi connectivity index (χ0v) is 12.0. The lowest BCUT2D eigenvalue weighted by Crippen LogP contribution is -2.40. The van der Waals surface area contributed by atoms with Gasteiger partial charge in [-0.2, -0.15) is 0 Å². The largest absolute Gasteiger partial charge is 0.497 e. The van der Waals surface area contributed by atoms with Crippen LogP contribution < -0.4 is 15.4 Å². The Morgan fingerprint density at radius 2 is 2.00 bits per heavy atom. The Labute approximate surface area is 119 Å². The van der Waals surface area contributed by atoms with E-state index >= 15 is 0 Å². The summed E-state index contributed by atoms with van der Waals surface area (Å²) in [5.41, 5.74) is 1.00. The predicted octanol–water partition coefficient (Wildman–Crippen LogP) is 3.17. The second-order valence-corrected chi connectivity index (χ2v) is 6.02. The first-order valence-corrected chi connectivity index (χ1v) is 7.37. The number of hydrogen-bond acceptors (Lipinski definition) is 2. The molecule has 0 spiro atoms. The summed E-state index contributed by atoms with van der Waals surface area (Å²) in [6.07, 6.45) is 5.47. The Kier molecular flexibility index (Phi) is 3.60. The van der Waals surface area contributed by atoms with Gasteiger partial charge >= 0.3 is 0 Å². The molecule has 102 valence electrons. The van der Waals surface area contributed by atoms with Gasteiger partial charge in [-0.25, -0.2) is 0 Å². The summed E-state index contributed by atoms with van der Waals surface area (Å²) in [7, 11) is 1.67. The van der Waals surface area contributed by atoms with Gasteiger partial charge in [-0.15, -0.1) is 0 Å². The molecule has 2 aliphatic rings. The van der Waals surface area contributed by atoms with Gasteiger partial charge in [0.1, 0.15) is 5.75 Å². The first kappa shape index (κ1) is 12.7. The van der Waals surface area contributed by atoms with Crippen LogP contribution in [0.15, 0.2) is 24.3 Å². The van der Waals surface area contributed by atoms with Crippen LogP contribution in [-0.2, 0) is 0 Å². The van der Waals surface area contributed by atoms with Crippen molar-refractivity contribution in [1.82, 2.24) is 5.32 Å². The number of benzene rings is 1. The molecule has 4 heteroatoms. The molecule has 3 nitrogen and oxygen atoms in total. The fourth-order valence-electron chi connectivity index (χ4n) is 3.43. The van der Waals surface area contributed by atoms with Crippen LogP contribution >= 0.6 is 12.2 Å². The number of rotatable bonds is 3. The molecule has 2 N–H and O–H groups in total. The zero-order valence-electron chi connectivity index (χ0n) is 11.2. The molecule has 1 aromatic rings. The second kappa shape index (κ2) is 5.37. The summed E-state index contributed by atoms with van der Waals surface area (Å²) < 4.78 is 5.14. The van der Waals surface area contributed by atoms with Gasteiger partial charge in [0, 0.05) is 11.7 Å². The standard InChI is InChI=1S/C15H20N2OS/c1-18-13-6-4-12(5-7-13)16-15(19)17-14-9-10-2-3-11(14)8-10/h4-7,10-11,14H,2-3,8-9H2,1H3,(H2,16,17,19)/t10-,11-,14+/m1/s1. The molecule has 1 aromatic carbocycles. The lowest BCUT2D eigenvalue weighted by atomic mass is 9.96. The molecule has 0 radical (unpaired) electrons. The number of anilines is 1. The molecular formula is C15H20N2OS. The topological polar surface area (TPSA) is 33.3 Å². The molecule has 0 heterocycles. The van der Waals surface area contributed by atoms with Crippen LogP contribution in [0.4, 0.5) is 5.69 Å². The summed E-state index contributed by atoms with van der Waals surface area (Å²) >= 11 is 5.40. The Balaban J connectivity index is 1.53. The van der Waals surface area contributed by atoms with Gasteiger partial charge < -0.3 is 15.4 Å². The monoisotopic (exact) mass is 276 g/mol. The Morgan fingerprint density at radius 1 is 1.21 bits per heavy atom. The minimum atomic E-state index is 0.581. The third-order valence-electron chi connectivity index (χ3n) is 4.40. The van der Waals surface area contributed by atoms with E-state index in [1.165, 1.54) is 25.7 Å². The van der Waals surface area contributed by atoms with E-state index < -0.39 is 0 Å². The van der Waals surface area contributed by atoms with Gasteiger partial charge in [0.25, 0.3) is 0 Å². The van der Waals surface area contributed by atoms with Crippen molar-refractivity contribution in [2.45, 2.75) is 31.7 Å². The van der Waals surface area contributed by atoms with E-state index in [0.29, 0.717) is 6.04 Å². The molecule has 2 saturated carbocycles. The maximum atomic E-state index is 5.40. The molecule has 2 bridgehead atoms. The Morgan fingerprint density at radius 3 is 2.58 bits per heavy atom. The molecular weight excluding hydrogens is 256 g/mol. The first-order valence-electron chi connectivity index (χ1n) is 6.96. The SMILES string of the molecule is COc1ccc(NC(=S)N[C@H]2C[C@@H]3CC[C@@H]2C3)cc1. The number of thiocarbonyl (C=S) groups is 1. The molecule has 2 fully saturated rings. The van der Waals surface area contributed by atoms with Crippen molar-refractivity contribution in [2.24, 2.45) is 11.8 Å². The molecule has 19 heavy (non-hydrogen) atoms. The van der Waals surface area contributed by atoms with E-state index in [9.17, 15) is 0 Å². The first-order chi connectivity index (χ1) is 9.24. The number of ether oxygens (including phenoxy) is 1. The number of nitrogens with one attached hydrogen (secondary N) is 2. The number of fused-ring (bicyclic) bond motifs is 2. The van der Waals surface area contributed by atoms with Crippen LogP contribution in [0.2, 0.25) is 0 Å². The molecule has 0 amide bonds. The summed E-state index contributed by atoms with van der Waals surface area (Å²) in [5, 5.41) is 7.46. The van der Waals surface area contributed by atoms with Crippen LogP contribution in [0.5, 0.6) is 5.75 Å². The second-order valence-electron chi connectivity index (χ2n) is 5.61.